The van der Waals surface area contributed by atoms with Crippen LogP contribution in [0.3, 0.4) is 0 Å². The summed E-state index contributed by atoms with van der Waals surface area (Å²) in [6.07, 6.45) is -2.77. The molecule has 11 heteroatoms. The summed E-state index contributed by atoms with van der Waals surface area (Å²) < 4.78 is 40.8. The minimum atomic E-state index is -5.08. The predicted molar refractivity (Wildman–Crippen MR) is 66.1 cm³/mol. The molecule has 0 aliphatic carbocycles. The Hall–Kier alpha value is -2.48. The van der Waals surface area contributed by atoms with E-state index in [0.717, 1.165) is 0 Å². The van der Waals surface area contributed by atoms with E-state index in [-0.39, 0.29) is 13.2 Å². The van der Waals surface area contributed by atoms with Crippen LogP contribution in [0.4, 0.5) is 13.2 Å². The first-order valence-electron chi connectivity index (χ1n) is 5.50. The topological polar surface area (TPSA) is 128 Å². The van der Waals surface area contributed by atoms with Gasteiger partial charge < -0.3 is 25.6 Å². The van der Waals surface area contributed by atoms with E-state index >= 15 is 0 Å². The maximum absolute atomic E-state index is 11.2. The Morgan fingerprint density at radius 3 is 2.23 bits per heavy atom. The molecule has 0 aliphatic rings. The normalized spacial score (nSPS) is 10.8. The summed E-state index contributed by atoms with van der Waals surface area (Å²) in [5, 5.41) is 9.42. The Kier molecular flexibility index (Phi) is 11.1. The second-order valence-corrected chi connectivity index (χ2v) is 3.37. The van der Waals surface area contributed by atoms with Gasteiger partial charge in [0.1, 0.15) is 25.3 Å². The van der Waals surface area contributed by atoms with Gasteiger partial charge in [0, 0.05) is 6.92 Å². The van der Waals surface area contributed by atoms with Gasteiger partial charge in [0.15, 0.2) is 0 Å². The van der Waals surface area contributed by atoms with Gasteiger partial charge in [-0.2, -0.15) is 13.2 Å². The van der Waals surface area contributed by atoms with Gasteiger partial charge in [0.2, 0.25) is 5.91 Å². The lowest BCUT2D eigenvalue weighted by molar-refractivity contribution is -0.192. The van der Waals surface area contributed by atoms with Gasteiger partial charge in [-0.25, -0.2) is 4.79 Å². The molecule has 0 saturated carbocycles. The lowest BCUT2D eigenvalue weighted by Crippen LogP contribution is -2.45. The number of rotatable bonds is 5. The number of aliphatic carboxylic acids is 1. The van der Waals surface area contributed by atoms with Crippen LogP contribution in [0, 0.1) is 12.0 Å². The molecule has 0 saturated heterocycles. The number of esters is 1. The third-order valence-corrected chi connectivity index (χ3v) is 1.65. The van der Waals surface area contributed by atoms with Crippen molar-refractivity contribution in [1.29, 1.82) is 0 Å². The maximum atomic E-state index is 11.2. The van der Waals surface area contributed by atoms with Gasteiger partial charge in [-0.1, -0.05) is 5.92 Å². The Morgan fingerprint density at radius 2 is 1.86 bits per heavy atom. The number of nitrogens with two attached hydrogens (primary N) is 1. The highest BCUT2D eigenvalue weighted by Gasteiger charge is 2.38. The van der Waals surface area contributed by atoms with E-state index in [1.807, 2.05) is 0 Å². The Balaban J connectivity index is 0. The molecule has 4 N–H and O–H groups in total. The molecular formula is C11H15F3N2O6. The third kappa shape index (κ3) is 12.5. The lowest BCUT2D eigenvalue weighted by Gasteiger charge is -2.09. The number of carbonyl (C=O) groups excluding carboxylic acids is 2. The molecule has 1 amide bonds. The fraction of sp³-hybridized carbons (Fsp3) is 0.545. The third-order valence-electron chi connectivity index (χ3n) is 1.65. The SMILES string of the molecule is CC#COC[C@H](N)C(=O)NCC(=O)OC.O=C(O)C(F)(F)F. The average molecular weight is 328 g/mol. The Bertz CT molecular complexity index is 441. The van der Waals surface area contributed by atoms with Gasteiger partial charge in [0.25, 0.3) is 0 Å². The summed E-state index contributed by atoms with van der Waals surface area (Å²) in [7, 11) is 1.23. The van der Waals surface area contributed by atoms with Crippen molar-refractivity contribution in [3.05, 3.63) is 0 Å². The van der Waals surface area contributed by atoms with Crippen LogP contribution in [0.2, 0.25) is 0 Å². The minimum absolute atomic E-state index is 0.0200. The Morgan fingerprint density at radius 1 is 1.36 bits per heavy atom. The molecular weight excluding hydrogens is 313 g/mol. The van der Waals surface area contributed by atoms with Gasteiger partial charge in [-0.15, -0.1) is 0 Å². The van der Waals surface area contributed by atoms with Gasteiger partial charge in [0.05, 0.1) is 7.11 Å². The Labute approximate surface area is 123 Å². The quantitative estimate of drug-likeness (QED) is 0.447. The molecule has 0 heterocycles. The van der Waals surface area contributed by atoms with Crippen molar-refractivity contribution < 1.29 is 42.1 Å². The monoisotopic (exact) mass is 328 g/mol. The predicted octanol–water partition coefficient (Wildman–Crippen LogP) is -0.766. The molecule has 0 aromatic heterocycles. The van der Waals surface area contributed by atoms with Crippen molar-refractivity contribution in [3.63, 3.8) is 0 Å². The van der Waals surface area contributed by atoms with E-state index < -0.39 is 30.1 Å². The molecule has 8 nitrogen and oxygen atoms in total. The summed E-state index contributed by atoms with van der Waals surface area (Å²) in [4.78, 5) is 30.7. The van der Waals surface area contributed by atoms with E-state index in [1.165, 1.54) is 7.11 Å². The fourth-order valence-electron chi connectivity index (χ4n) is 0.642. The zero-order valence-electron chi connectivity index (χ0n) is 11.7. The number of alkyl halides is 3. The largest absolute Gasteiger partial charge is 0.490 e. The number of ether oxygens (including phenoxy) is 2. The first kappa shape index (κ1) is 21.8. The summed E-state index contributed by atoms with van der Waals surface area (Å²) in [6.45, 7) is 1.37. The van der Waals surface area contributed by atoms with Crippen LogP contribution in [0.25, 0.3) is 0 Å². The number of amides is 1. The molecule has 0 rings (SSSR count). The standard InChI is InChI=1S/C9H14N2O4.C2HF3O2/c1-3-4-15-6-7(10)9(13)11-5-8(12)14-2;3-2(4,5)1(6)7/h7H,5-6,10H2,1-2H3,(H,11,13);(H,6,7)/t7-;/m0./s1. The molecule has 0 aliphatic heterocycles. The number of carboxylic acid groups (broad SMARTS) is 1. The van der Waals surface area contributed by atoms with E-state index in [9.17, 15) is 22.8 Å². The highest BCUT2D eigenvalue weighted by atomic mass is 19.4. The van der Waals surface area contributed by atoms with Crippen molar-refractivity contribution in [2.75, 3.05) is 20.3 Å². The molecule has 0 unspecified atom stereocenters. The average Bonchev–Trinajstić information content (AvgIpc) is 2.43. The van der Waals surface area contributed by atoms with Crippen LogP contribution in [0.15, 0.2) is 0 Å². The zero-order valence-corrected chi connectivity index (χ0v) is 11.7. The van der Waals surface area contributed by atoms with E-state index in [0.29, 0.717) is 0 Å². The maximum Gasteiger partial charge on any atom is 0.490 e. The van der Waals surface area contributed by atoms with Crippen molar-refractivity contribution in [2.45, 2.75) is 19.1 Å². The first-order valence-corrected chi connectivity index (χ1v) is 5.50. The van der Waals surface area contributed by atoms with E-state index in [1.54, 1.807) is 6.92 Å². The minimum Gasteiger partial charge on any atom is -0.475 e. The first-order chi connectivity index (χ1) is 10.1. The fourth-order valence-corrected chi connectivity index (χ4v) is 0.642. The number of hydrogen-bond donors (Lipinski definition) is 3. The van der Waals surface area contributed by atoms with Crippen LogP contribution < -0.4 is 11.1 Å². The molecule has 1 atom stereocenters. The molecule has 0 aromatic carbocycles. The molecule has 0 spiro atoms. The van der Waals surface area contributed by atoms with Gasteiger partial charge >= 0.3 is 18.1 Å². The molecule has 126 valence electrons. The number of carboxylic acids is 1. The number of hydrogen-bond acceptors (Lipinski definition) is 6. The van der Waals surface area contributed by atoms with Crippen LogP contribution in [0.1, 0.15) is 6.92 Å². The highest BCUT2D eigenvalue weighted by Crippen LogP contribution is 2.13. The van der Waals surface area contributed by atoms with Crippen molar-refractivity contribution in [2.24, 2.45) is 5.73 Å². The second kappa shape index (κ2) is 11.2. The van der Waals surface area contributed by atoms with Crippen molar-refractivity contribution in [3.8, 4) is 12.0 Å². The van der Waals surface area contributed by atoms with Crippen LogP contribution in [-0.4, -0.2) is 55.4 Å². The number of nitrogens with one attached hydrogen (secondary N) is 1. The summed E-state index contributed by atoms with van der Waals surface area (Å²) in [6, 6.07) is -0.851. The second-order valence-electron chi connectivity index (χ2n) is 3.37. The van der Waals surface area contributed by atoms with Gasteiger partial charge in [-0.3, -0.25) is 9.59 Å². The van der Waals surface area contributed by atoms with Crippen molar-refractivity contribution >= 4 is 17.8 Å². The number of carbonyl (C=O) groups is 3. The van der Waals surface area contributed by atoms with Crippen LogP contribution >= 0.6 is 0 Å². The molecule has 0 bridgehead atoms. The van der Waals surface area contributed by atoms with E-state index in [4.69, 9.17) is 20.4 Å². The zero-order chi connectivity index (χ0) is 17.8. The number of methoxy groups -OCH3 is 1. The molecule has 0 fully saturated rings. The lowest BCUT2D eigenvalue weighted by atomic mass is 10.3. The number of halogens is 3. The summed E-state index contributed by atoms with van der Waals surface area (Å²) in [5.41, 5.74) is 5.43. The van der Waals surface area contributed by atoms with Crippen LogP contribution in [-0.2, 0) is 23.9 Å². The highest BCUT2D eigenvalue weighted by molar-refractivity contribution is 5.85. The van der Waals surface area contributed by atoms with E-state index in [2.05, 4.69) is 22.1 Å². The van der Waals surface area contributed by atoms with Gasteiger partial charge in [-0.05, 0) is 0 Å². The van der Waals surface area contributed by atoms with Crippen LogP contribution in [0.5, 0.6) is 0 Å². The molecule has 0 aromatic rings. The summed E-state index contributed by atoms with van der Waals surface area (Å²) >= 11 is 0. The molecule has 0 radical (unpaired) electrons. The smallest absolute Gasteiger partial charge is 0.475 e. The molecule has 22 heavy (non-hydrogen) atoms. The van der Waals surface area contributed by atoms with Crippen molar-refractivity contribution in [1.82, 2.24) is 5.32 Å². The summed E-state index contributed by atoms with van der Waals surface area (Å²) in [5.74, 6) is -1.29.